The van der Waals surface area contributed by atoms with E-state index in [4.69, 9.17) is 24.7 Å². The number of amides is 2. The Balaban J connectivity index is 1.77. The molecule has 2 aromatic carbocycles. The Kier molecular flexibility index (Phi) is 11.8. The molecule has 0 radical (unpaired) electrons. The summed E-state index contributed by atoms with van der Waals surface area (Å²) >= 11 is 0. The number of benzene rings is 2. The third kappa shape index (κ3) is 11.8. The lowest BCUT2D eigenvalue weighted by molar-refractivity contribution is -0.165. The number of hydrogen-bond acceptors (Lipinski definition) is 9. The van der Waals surface area contributed by atoms with E-state index in [1.54, 1.807) is 92.6 Å². The number of rotatable bonds is 8. The fourth-order valence-corrected chi connectivity index (χ4v) is 4.88. The number of fused-ring (bicyclic) bond motifs is 2. The molecule has 0 saturated heterocycles. The van der Waals surface area contributed by atoms with Gasteiger partial charge >= 0.3 is 24.0 Å². The van der Waals surface area contributed by atoms with Crippen LogP contribution in [-0.2, 0) is 47.9 Å². The predicted octanol–water partition coefficient (Wildman–Crippen LogP) is 5.14. The second kappa shape index (κ2) is 15.0. The van der Waals surface area contributed by atoms with E-state index in [1.807, 2.05) is 6.07 Å². The molecule has 0 bridgehead atoms. The zero-order chi connectivity index (χ0) is 36.0. The van der Waals surface area contributed by atoms with Gasteiger partial charge in [-0.2, -0.15) is 4.99 Å². The fraction of sp³-hybridized carbons (Fsp3) is 0.500. The molecular weight excluding hydrogens is 618 g/mol. The van der Waals surface area contributed by atoms with Gasteiger partial charge in [-0.1, -0.05) is 12.1 Å². The molecule has 3 N–H and O–H groups in total. The Morgan fingerprint density at radius 1 is 0.896 bits per heavy atom. The lowest BCUT2D eigenvalue weighted by Crippen LogP contribution is -2.46. The Morgan fingerprint density at radius 3 is 2.17 bits per heavy atom. The van der Waals surface area contributed by atoms with Crippen LogP contribution in [-0.4, -0.2) is 58.6 Å². The predicted molar refractivity (Wildman–Crippen MR) is 179 cm³/mol. The molecule has 1 unspecified atom stereocenters. The van der Waals surface area contributed by atoms with E-state index in [0.717, 1.165) is 11.1 Å². The highest BCUT2D eigenvalue weighted by Crippen LogP contribution is 2.29. The molecule has 1 aliphatic heterocycles. The second-order valence-electron chi connectivity index (χ2n) is 14.6. The first-order valence-electron chi connectivity index (χ1n) is 15.9. The van der Waals surface area contributed by atoms with Gasteiger partial charge in [0, 0.05) is 12.0 Å². The Hall–Kier alpha value is -4.74. The number of nitrogens with one attached hydrogen (secondary N) is 1. The van der Waals surface area contributed by atoms with Gasteiger partial charge in [-0.05, 0) is 123 Å². The zero-order valence-corrected chi connectivity index (χ0v) is 29.3. The lowest BCUT2D eigenvalue weighted by Gasteiger charge is -2.26. The number of carbonyl (C=O) groups excluding carboxylic acids is 5. The Morgan fingerprint density at radius 2 is 1.54 bits per heavy atom. The van der Waals surface area contributed by atoms with Crippen molar-refractivity contribution in [3.8, 4) is 5.75 Å². The van der Waals surface area contributed by atoms with Crippen molar-refractivity contribution in [1.82, 2.24) is 5.32 Å². The van der Waals surface area contributed by atoms with Crippen LogP contribution in [0.3, 0.4) is 0 Å². The molecule has 0 aromatic heterocycles. The maximum absolute atomic E-state index is 13.2. The highest BCUT2D eigenvalue weighted by Gasteiger charge is 2.31. The molecular formula is C36H47N3O9. The van der Waals surface area contributed by atoms with Crippen molar-refractivity contribution in [2.75, 3.05) is 0 Å². The maximum atomic E-state index is 13.2. The molecule has 12 heteroatoms. The standard InChI is InChI=1S/C36H47N3O9/c1-34(2,3)46-29(41)20-26(32(43)47-35(4,5)6)38-28(40)18-15-21-11-10-12-25-24(21)16-13-22-19-23(14-17-27(22)45-31(25)42)30(37)39-33(44)48-36(7,8)9/h10-12,14,17,19,26H,13,15-16,18,20H2,1-9H3,(H,38,40)(H2,37,39,44). The largest absolute Gasteiger partial charge is 0.460 e. The first-order valence-corrected chi connectivity index (χ1v) is 15.9. The normalized spacial score (nSPS) is 14.3. The summed E-state index contributed by atoms with van der Waals surface area (Å²) in [5.41, 5.74) is 6.77. The molecule has 12 nitrogen and oxygen atoms in total. The monoisotopic (exact) mass is 665 g/mol. The first kappa shape index (κ1) is 37.7. The fourth-order valence-electron chi connectivity index (χ4n) is 4.88. The molecule has 0 fully saturated rings. The smallest absolute Gasteiger partial charge is 0.436 e. The third-order valence-electron chi connectivity index (χ3n) is 6.74. The van der Waals surface area contributed by atoms with Crippen molar-refractivity contribution in [3.05, 3.63) is 64.2 Å². The molecule has 1 heterocycles. The topological polar surface area (TPSA) is 173 Å². The van der Waals surface area contributed by atoms with Crippen molar-refractivity contribution >= 4 is 35.7 Å². The molecule has 0 saturated carbocycles. The van der Waals surface area contributed by atoms with Crippen LogP contribution in [0.2, 0.25) is 0 Å². The number of hydrogen-bond donors (Lipinski definition) is 2. The van der Waals surface area contributed by atoms with Crippen molar-refractivity contribution in [3.63, 3.8) is 0 Å². The molecule has 3 rings (SSSR count). The number of ether oxygens (including phenoxy) is 4. The van der Waals surface area contributed by atoms with Gasteiger partial charge in [0.25, 0.3) is 0 Å². The average molecular weight is 666 g/mol. The number of esters is 3. The molecule has 48 heavy (non-hydrogen) atoms. The SMILES string of the molecule is CC(C)(C)OC(=O)CC(NC(=O)CCc1cccc2c1CCc1cc(C(N)=NC(=O)OC(C)(C)C)ccc1OC2=O)C(=O)OC(C)(C)C. The van der Waals surface area contributed by atoms with Crippen LogP contribution in [0.5, 0.6) is 5.75 Å². The minimum Gasteiger partial charge on any atom is -0.460 e. The van der Waals surface area contributed by atoms with Gasteiger partial charge < -0.3 is 30.0 Å². The summed E-state index contributed by atoms with van der Waals surface area (Å²) in [6.07, 6.45) is -0.0820. The summed E-state index contributed by atoms with van der Waals surface area (Å²) in [6.45, 7) is 15.4. The molecule has 0 spiro atoms. The van der Waals surface area contributed by atoms with Crippen LogP contribution in [0.1, 0.15) is 108 Å². The second-order valence-corrected chi connectivity index (χ2v) is 14.6. The maximum Gasteiger partial charge on any atom is 0.436 e. The number of nitrogens with two attached hydrogens (primary N) is 1. The molecule has 2 aromatic rings. The van der Waals surface area contributed by atoms with E-state index in [-0.39, 0.29) is 25.1 Å². The summed E-state index contributed by atoms with van der Waals surface area (Å²) in [6, 6.07) is 8.92. The van der Waals surface area contributed by atoms with Crippen LogP contribution in [0.4, 0.5) is 4.79 Å². The summed E-state index contributed by atoms with van der Waals surface area (Å²) in [5, 5.41) is 2.63. The van der Waals surface area contributed by atoms with E-state index in [0.29, 0.717) is 35.3 Å². The van der Waals surface area contributed by atoms with Gasteiger partial charge in [0.15, 0.2) is 0 Å². The minimum absolute atomic E-state index is 0.0302. The average Bonchev–Trinajstić information content (AvgIpc) is 2.91. The van der Waals surface area contributed by atoms with Crippen LogP contribution in [0, 0.1) is 0 Å². The van der Waals surface area contributed by atoms with Crippen molar-refractivity contribution in [2.24, 2.45) is 10.7 Å². The van der Waals surface area contributed by atoms with Gasteiger partial charge in [0.1, 0.15) is 34.4 Å². The molecule has 0 aliphatic carbocycles. The number of amidine groups is 1. The molecule has 1 aliphatic rings. The molecule has 1 atom stereocenters. The van der Waals surface area contributed by atoms with Crippen molar-refractivity contribution < 1.29 is 42.9 Å². The van der Waals surface area contributed by atoms with Crippen LogP contribution in [0.25, 0.3) is 0 Å². The lowest BCUT2D eigenvalue weighted by atomic mass is 9.91. The third-order valence-corrected chi connectivity index (χ3v) is 6.74. The summed E-state index contributed by atoms with van der Waals surface area (Å²) in [5.74, 6) is -2.10. The van der Waals surface area contributed by atoms with Crippen LogP contribution < -0.4 is 15.8 Å². The highest BCUT2D eigenvalue weighted by molar-refractivity contribution is 6.03. The Bertz CT molecular complexity index is 1590. The van der Waals surface area contributed by atoms with Crippen molar-refractivity contribution in [2.45, 2.75) is 117 Å². The summed E-state index contributed by atoms with van der Waals surface area (Å²) in [7, 11) is 0. The van der Waals surface area contributed by atoms with E-state index < -0.39 is 52.8 Å². The summed E-state index contributed by atoms with van der Waals surface area (Å²) < 4.78 is 21.8. The van der Waals surface area contributed by atoms with Gasteiger partial charge in [-0.25, -0.2) is 14.4 Å². The summed E-state index contributed by atoms with van der Waals surface area (Å²) in [4.78, 5) is 67.8. The van der Waals surface area contributed by atoms with E-state index >= 15 is 0 Å². The van der Waals surface area contributed by atoms with Crippen LogP contribution >= 0.6 is 0 Å². The van der Waals surface area contributed by atoms with Gasteiger partial charge in [0.05, 0.1) is 12.0 Å². The Labute approximate surface area is 281 Å². The molecule has 2 amide bonds. The van der Waals surface area contributed by atoms with E-state index in [1.165, 1.54) is 0 Å². The quantitative estimate of drug-likeness (QED) is 0.126. The number of aryl methyl sites for hydroxylation is 2. The minimum atomic E-state index is -1.24. The van der Waals surface area contributed by atoms with E-state index in [2.05, 4.69) is 10.3 Å². The van der Waals surface area contributed by atoms with E-state index in [9.17, 15) is 24.0 Å². The number of nitrogens with zero attached hydrogens (tertiary/aromatic N) is 1. The van der Waals surface area contributed by atoms with Crippen molar-refractivity contribution in [1.29, 1.82) is 0 Å². The number of carbonyl (C=O) groups is 5. The van der Waals surface area contributed by atoms with Gasteiger partial charge in [-0.15, -0.1) is 0 Å². The first-order chi connectivity index (χ1) is 22.1. The molecule has 260 valence electrons. The van der Waals surface area contributed by atoms with Gasteiger partial charge in [-0.3, -0.25) is 9.59 Å². The zero-order valence-electron chi connectivity index (χ0n) is 29.3. The van der Waals surface area contributed by atoms with Crippen LogP contribution in [0.15, 0.2) is 41.4 Å². The highest BCUT2D eigenvalue weighted by atomic mass is 16.6. The number of aliphatic imine (C=N–C) groups is 1. The van der Waals surface area contributed by atoms with Gasteiger partial charge in [0.2, 0.25) is 5.91 Å².